The lowest BCUT2D eigenvalue weighted by molar-refractivity contribution is 1.05. The zero-order valence-electron chi connectivity index (χ0n) is 79.8. The lowest BCUT2D eigenvalue weighted by Gasteiger charge is -2.13. The topological polar surface area (TPSA) is 92.1 Å². The first-order valence-corrected chi connectivity index (χ1v) is 50.0. The maximum atomic E-state index is 5.22. The third-order valence-electron chi connectivity index (χ3n) is 29.3. The van der Waals surface area contributed by atoms with Crippen molar-refractivity contribution in [3.8, 4) is 119 Å². The van der Waals surface area contributed by atoms with Gasteiger partial charge in [0.2, 0.25) is 0 Å². The van der Waals surface area contributed by atoms with Crippen LogP contribution in [0.1, 0.15) is 0 Å². The van der Waals surface area contributed by atoms with E-state index in [1.165, 1.54) is 163 Å². The number of benzene rings is 24. The van der Waals surface area contributed by atoms with Crippen LogP contribution in [0.3, 0.4) is 0 Å². The van der Waals surface area contributed by atoms with E-state index in [4.69, 9.17) is 29.9 Å². The van der Waals surface area contributed by atoms with Gasteiger partial charge in [0.15, 0.2) is 17.5 Å². The number of rotatable bonds is 12. The minimum atomic E-state index is 0.704. The van der Waals surface area contributed by atoms with Crippen molar-refractivity contribution < 1.29 is 0 Å². The van der Waals surface area contributed by atoms with Crippen molar-refractivity contribution >= 4 is 162 Å². The Morgan fingerprint density at radius 2 is 0.374 bits per heavy atom. The Hall–Kier alpha value is -19.7. The second-order valence-electron chi connectivity index (χ2n) is 37.9. The highest BCUT2D eigenvalue weighted by atomic mass is 15.1. The first kappa shape index (κ1) is 85.3. The van der Waals surface area contributed by atoms with Crippen molar-refractivity contribution in [3.63, 3.8) is 0 Å². The Kier molecular flexibility index (Phi) is 20.8. The average Bonchev–Trinajstić information content (AvgIpc) is 1.61. The minimum absolute atomic E-state index is 0.704. The van der Waals surface area contributed by atoms with Crippen molar-refractivity contribution in [1.29, 1.82) is 0 Å². The molecular formula is C138H87N9. The van der Waals surface area contributed by atoms with Crippen LogP contribution in [0.15, 0.2) is 528 Å². The Morgan fingerprint density at radius 3 is 0.803 bits per heavy atom. The summed E-state index contributed by atoms with van der Waals surface area (Å²) in [6, 6.07) is 188. The van der Waals surface area contributed by atoms with Gasteiger partial charge < -0.3 is 0 Å². The van der Waals surface area contributed by atoms with Crippen LogP contribution in [0.25, 0.3) is 281 Å². The molecule has 0 bridgehead atoms. The third kappa shape index (κ3) is 15.1. The molecular weight excluding hydrogens is 1780 g/mol. The van der Waals surface area contributed by atoms with Gasteiger partial charge in [0.25, 0.3) is 0 Å². The van der Waals surface area contributed by atoms with Crippen LogP contribution in [-0.2, 0) is 0 Å². The highest BCUT2D eigenvalue weighted by Crippen LogP contribution is 2.47. The number of para-hydroxylation sites is 3. The maximum Gasteiger partial charge on any atom is 0.162 e. The quantitative estimate of drug-likeness (QED) is 0.113. The smallest absolute Gasteiger partial charge is 0.162 e. The molecule has 0 aliphatic rings. The molecule has 0 atom stereocenters. The van der Waals surface area contributed by atoms with Crippen molar-refractivity contribution in [2.45, 2.75) is 0 Å². The highest BCUT2D eigenvalue weighted by molar-refractivity contribution is 6.26. The number of hydrogen-bond donors (Lipinski definition) is 0. The van der Waals surface area contributed by atoms with Crippen LogP contribution >= 0.6 is 0 Å². The van der Waals surface area contributed by atoms with Crippen LogP contribution in [-0.4, -0.2) is 43.6 Å². The first-order chi connectivity index (χ1) is 72.9. The lowest BCUT2D eigenvalue weighted by atomic mass is 9.92. The van der Waals surface area contributed by atoms with Crippen molar-refractivity contribution in [3.05, 3.63) is 528 Å². The van der Waals surface area contributed by atoms with E-state index in [0.717, 1.165) is 101 Å². The fraction of sp³-hybridized carbons (Fsp3) is 0. The van der Waals surface area contributed by atoms with Crippen LogP contribution in [0.5, 0.6) is 0 Å². The van der Waals surface area contributed by atoms with E-state index in [9.17, 15) is 0 Å². The predicted octanol–water partition coefficient (Wildman–Crippen LogP) is 36.1. The summed E-state index contributed by atoms with van der Waals surface area (Å²) in [5, 5.41) is 29.8. The fourth-order valence-electron chi connectivity index (χ4n) is 22.4. The van der Waals surface area contributed by atoms with Gasteiger partial charge in [-0.2, -0.15) is 0 Å². The maximum absolute atomic E-state index is 5.22. The van der Waals surface area contributed by atoms with E-state index in [1.807, 2.05) is 72.8 Å². The van der Waals surface area contributed by atoms with Gasteiger partial charge in [-0.25, -0.2) is 29.9 Å². The molecule has 0 radical (unpaired) electrons. The largest absolute Gasteiger partial charge is 0.294 e. The fourth-order valence-corrected chi connectivity index (χ4v) is 22.4. The SMILES string of the molecule is c1ccc(-c2cc(-n3c4ccccc4c4c5cc(-c6ccc7c(ccc8ccccc87)c6)ccc5ccc43)nc(-c3ccccc3)n2)cc1.c1ccc(-c2cc(-n3c4ccccc4c4c5cc(-c6ccc7ccc8ccccc8c7c6)ccc5ccc43)nc(-c3ccccc3)n2)cc1.c1ccc(-c2cc(-n3c4ccccc4c4c5ccc(-c6cc7ccccc7c7ccccc67)cc5ccc43)nc(-c3ccccc3)n2)cc1. The van der Waals surface area contributed by atoms with E-state index in [1.54, 1.807) is 0 Å². The molecule has 0 aliphatic heterocycles. The number of hydrogen-bond acceptors (Lipinski definition) is 6. The molecule has 0 N–H and O–H groups in total. The van der Waals surface area contributed by atoms with Crippen molar-refractivity contribution in [2.75, 3.05) is 0 Å². The number of aromatic nitrogens is 9. The molecule has 6 heterocycles. The summed E-state index contributed by atoms with van der Waals surface area (Å²) in [7, 11) is 0. The molecule has 9 heteroatoms. The molecule has 30 aromatic rings. The second-order valence-corrected chi connectivity index (χ2v) is 37.9. The summed E-state index contributed by atoms with van der Waals surface area (Å²) in [6.45, 7) is 0. The molecule has 0 saturated heterocycles. The number of nitrogens with zero attached hydrogens (tertiary/aromatic N) is 9. The number of fused-ring (bicyclic) bond motifs is 24. The second kappa shape index (κ2) is 35.8. The Morgan fingerprint density at radius 1 is 0.122 bits per heavy atom. The normalized spacial score (nSPS) is 11.7. The van der Waals surface area contributed by atoms with Crippen LogP contribution in [0.2, 0.25) is 0 Å². The molecule has 0 unspecified atom stereocenters. The molecule has 684 valence electrons. The van der Waals surface area contributed by atoms with Gasteiger partial charge in [-0.3, -0.25) is 13.7 Å². The van der Waals surface area contributed by atoms with E-state index in [-0.39, 0.29) is 0 Å². The van der Waals surface area contributed by atoms with Crippen LogP contribution in [0.4, 0.5) is 0 Å². The summed E-state index contributed by atoms with van der Waals surface area (Å²) in [5.41, 5.74) is 22.8. The zero-order chi connectivity index (χ0) is 96.9. The first-order valence-electron chi connectivity index (χ1n) is 50.0. The van der Waals surface area contributed by atoms with Gasteiger partial charge in [0, 0.05) is 83.9 Å². The van der Waals surface area contributed by atoms with Gasteiger partial charge in [-0.05, 0) is 203 Å². The molecule has 24 aromatic carbocycles. The summed E-state index contributed by atoms with van der Waals surface area (Å²) in [5.74, 6) is 4.64. The van der Waals surface area contributed by atoms with Crippen LogP contribution in [0, 0.1) is 0 Å². The molecule has 6 aromatic heterocycles. The van der Waals surface area contributed by atoms with Gasteiger partial charge in [0.05, 0.1) is 50.2 Å². The van der Waals surface area contributed by atoms with Gasteiger partial charge >= 0.3 is 0 Å². The zero-order valence-corrected chi connectivity index (χ0v) is 79.8. The summed E-state index contributed by atoms with van der Waals surface area (Å²) < 4.78 is 6.91. The van der Waals surface area contributed by atoms with Gasteiger partial charge in [0.1, 0.15) is 17.5 Å². The molecule has 30 rings (SSSR count). The molecule has 0 saturated carbocycles. The van der Waals surface area contributed by atoms with E-state index >= 15 is 0 Å². The molecule has 0 fully saturated rings. The van der Waals surface area contributed by atoms with Crippen molar-refractivity contribution in [1.82, 2.24) is 43.6 Å². The Labute approximate surface area is 846 Å². The van der Waals surface area contributed by atoms with E-state index in [0.29, 0.717) is 17.5 Å². The molecule has 9 nitrogen and oxygen atoms in total. The Balaban J connectivity index is 0.000000107. The molecule has 0 amide bonds. The summed E-state index contributed by atoms with van der Waals surface area (Å²) in [6.07, 6.45) is 0. The predicted molar refractivity (Wildman–Crippen MR) is 616 cm³/mol. The highest BCUT2D eigenvalue weighted by Gasteiger charge is 2.25. The lowest BCUT2D eigenvalue weighted by Crippen LogP contribution is -2.02. The Bertz CT molecular complexity index is 10300. The summed E-state index contributed by atoms with van der Waals surface area (Å²) in [4.78, 5) is 30.8. The van der Waals surface area contributed by atoms with Crippen molar-refractivity contribution in [2.24, 2.45) is 0 Å². The third-order valence-corrected chi connectivity index (χ3v) is 29.3. The van der Waals surface area contributed by atoms with Crippen LogP contribution < -0.4 is 0 Å². The molecule has 0 spiro atoms. The minimum Gasteiger partial charge on any atom is -0.294 e. The molecule has 147 heavy (non-hydrogen) atoms. The molecule has 0 aliphatic carbocycles. The average molecular weight is 1870 g/mol. The van der Waals surface area contributed by atoms with Gasteiger partial charge in [-0.15, -0.1) is 0 Å². The standard InChI is InChI=1S/3C46H29N3/c1-3-13-30(14-4-1)41-29-44(48-46(47-41)31-15-5-2-6-16-31)49-42-22-12-11-21-39(42)45-36-25-23-34(27-33(36)24-26-43(45)49)40-28-32-17-7-8-18-35(32)37-19-9-10-20-38(37)40;1-3-12-32(13-4-1)41-29-44(48-46(47-41)33-14-5-2-6-15-33)49-42-18-10-9-17-39(42)45-40-28-35(21-19-31(40)24-26-43(45)49)34-23-25-38-36(27-34)22-20-30-11-7-8-16-37(30)38;1-3-12-33(13-4-1)41-29-44(48-46(47-41)34-14-5-2-6-15-34)49-42-18-10-9-17-38(42)45-40-28-36(24-22-32(40)25-26-43(45)49)35-23-21-31-20-19-30-11-7-8-16-37(30)39(31)27-35/h3*1-29H. The van der Waals surface area contributed by atoms with E-state index < -0.39 is 0 Å². The monoisotopic (exact) mass is 1870 g/mol. The van der Waals surface area contributed by atoms with Gasteiger partial charge in [-0.1, -0.05) is 437 Å². The summed E-state index contributed by atoms with van der Waals surface area (Å²) >= 11 is 0. The van der Waals surface area contributed by atoms with E-state index in [2.05, 4.69) is 469 Å².